The molecule has 3 N–H and O–H groups in total. The zero-order valence-corrected chi connectivity index (χ0v) is 15.2. The van der Waals surface area contributed by atoms with Gasteiger partial charge in [0.1, 0.15) is 0 Å². The second-order valence-corrected chi connectivity index (χ2v) is 7.08. The van der Waals surface area contributed by atoms with E-state index in [-0.39, 0.29) is 11.5 Å². The number of aryl methyl sites for hydroxylation is 1. The van der Waals surface area contributed by atoms with Gasteiger partial charge in [-0.15, -0.1) is 4.83 Å². The number of nitrogens with one attached hydrogen (secondary N) is 2. The highest BCUT2D eigenvalue weighted by Gasteiger charge is 2.15. The fourth-order valence-corrected chi connectivity index (χ4v) is 2.87. The Balaban J connectivity index is 1.92. The number of methoxy groups -OCH3 is 1. The molecule has 26 heavy (non-hydrogen) atoms. The van der Waals surface area contributed by atoms with Gasteiger partial charge in [0, 0.05) is 0 Å². The number of aliphatic hydroxyl groups is 1. The third-order valence-corrected chi connectivity index (χ3v) is 4.69. The highest BCUT2D eigenvalue weighted by Crippen LogP contribution is 2.27. The van der Waals surface area contributed by atoms with Gasteiger partial charge in [-0.3, -0.25) is 10.2 Å². The van der Waals surface area contributed by atoms with Gasteiger partial charge in [-0.1, -0.05) is 23.8 Å². The molecule has 0 saturated carbocycles. The molecule has 9 heteroatoms. The molecular formula is C17H20N2O6S. The maximum Gasteiger partial charge on any atom is 0.272 e. The predicted octanol–water partition coefficient (Wildman–Crippen LogP) is 0.884. The van der Waals surface area contributed by atoms with Crippen molar-refractivity contribution in [1.29, 1.82) is 0 Å². The molecule has 0 unspecified atom stereocenters. The van der Waals surface area contributed by atoms with Crippen LogP contribution < -0.4 is 19.7 Å². The molecule has 8 nitrogen and oxygen atoms in total. The second kappa shape index (κ2) is 8.65. The average molecular weight is 380 g/mol. The third-order valence-electron chi connectivity index (χ3n) is 3.43. The minimum Gasteiger partial charge on any atom is -0.493 e. The maximum absolute atomic E-state index is 12.1. The molecule has 1 amide bonds. The summed E-state index contributed by atoms with van der Waals surface area (Å²) in [5.41, 5.74) is 3.63. The van der Waals surface area contributed by atoms with Gasteiger partial charge in [0.2, 0.25) is 0 Å². The molecule has 0 aliphatic carbocycles. The predicted molar refractivity (Wildman–Crippen MR) is 94.1 cm³/mol. The fourth-order valence-electron chi connectivity index (χ4n) is 2.01. The number of amides is 1. The van der Waals surface area contributed by atoms with Crippen molar-refractivity contribution in [3.05, 3.63) is 53.6 Å². The highest BCUT2D eigenvalue weighted by atomic mass is 32.2. The first-order valence-corrected chi connectivity index (χ1v) is 9.12. The molecule has 0 radical (unpaired) electrons. The van der Waals surface area contributed by atoms with Crippen LogP contribution in [0.25, 0.3) is 0 Å². The van der Waals surface area contributed by atoms with Crippen molar-refractivity contribution in [2.24, 2.45) is 0 Å². The summed E-state index contributed by atoms with van der Waals surface area (Å²) in [6, 6.07) is 10.9. The summed E-state index contributed by atoms with van der Waals surface area (Å²) in [7, 11) is -2.44. The minimum atomic E-state index is -3.87. The van der Waals surface area contributed by atoms with Gasteiger partial charge in [-0.05, 0) is 36.8 Å². The monoisotopic (exact) mass is 380 g/mol. The lowest BCUT2D eigenvalue weighted by molar-refractivity contribution is -0.123. The highest BCUT2D eigenvalue weighted by molar-refractivity contribution is 7.89. The molecule has 0 heterocycles. The van der Waals surface area contributed by atoms with Crippen LogP contribution in [0.4, 0.5) is 0 Å². The van der Waals surface area contributed by atoms with Gasteiger partial charge in [0.15, 0.2) is 18.1 Å². The Labute approximate surface area is 151 Å². The Morgan fingerprint density at radius 1 is 1.12 bits per heavy atom. The van der Waals surface area contributed by atoms with E-state index in [2.05, 4.69) is 5.43 Å². The van der Waals surface area contributed by atoms with Crippen LogP contribution >= 0.6 is 0 Å². The summed E-state index contributed by atoms with van der Waals surface area (Å²) in [5, 5.41) is 9.10. The van der Waals surface area contributed by atoms with E-state index < -0.39 is 22.5 Å². The number of carbonyl (C=O) groups is 1. The van der Waals surface area contributed by atoms with E-state index in [0.29, 0.717) is 17.1 Å². The molecule has 0 atom stereocenters. The van der Waals surface area contributed by atoms with E-state index in [1.54, 1.807) is 30.3 Å². The molecular weight excluding hydrogens is 360 g/mol. The number of ether oxygens (including phenoxy) is 2. The largest absolute Gasteiger partial charge is 0.493 e. The minimum absolute atomic E-state index is 0.0329. The summed E-state index contributed by atoms with van der Waals surface area (Å²) in [4.78, 5) is 13.9. The van der Waals surface area contributed by atoms with Crippen molar-refractivity contribution in [2.45, 2.75) is 18.4 Å². The van der Waals surface area contributed by atoms with E-state index in [9.17, 15) is 13.2 Å². The first-order chi connectivity index (χ1) is 12.4. The first-order valence-electron chi connectivity index (χ1n) is 7.63. The van der Waals surface area contributed by atoms with Crippen LogP contribution in [0.2, 0.25) is 0 Å². The van der Waals surface area contributed by atoms with Crippen molar-refractivity contribution in [3.8, 4) is 11.5 Å². The quantitative estimate of drug-likeness (QED) is 0.586. The van der Waals surface area contributed by atoms with E-state index >= 15 is 0 Å². The Hall–Kier alpha value is -2.62. The van der Waals surface area contributed by atoms with Crippen LogP contribution in [-0.4, -0.2) is 33.1 Å². The van der Waals surface area contributed by atoms with Crippen LogP contribution in [0, 0.1) is 6.92 Å². The van der Waals surface area contributed by atoms with Crippen LogP contribution in [0.1, 0.15) is 11.1 Å². The van der Waals surface area contributed by atoms with Crippen molar-refractivity contribution >= 4 is 15.9 Å². The number of benzene rings is 2. The molecule has 2 rings (SSSR count). The molecule has 2 aromatic carbocycles. The van der Waals surface area contributed by atoms with Gasteiger partial charge in [-0.2, -0.15) is 0 Å². The van der Waals surface area contributed by atoms with Crippen molar-refractivity contribution in [3.63, 3.8) is 0 Å². The van der Waals surface area contributed by atoms with Gasteiger partial charge < -0.3 is 14.6 Å². The zero-order valence-electron chi connectivity index (χ0n) is 14.4. The molecule has 2 aromatic rings. The Morgan fingerprint density at radius 3 is 2.42 bits per heavy atom. The Kier molecular flexibility index (Phi) is 6.56. The fraction of sp³-hybridized carbons (Fsp3) is 0.235. The zero-order chi connectivity index (χ0) is 19.2. The summed E-state index contributed by atoms with van der Waals surface area (Å²) in [6.45, 7) is 1.26. The number of rotatable bonds is 8. The number of aliphatic hydroxyl groups excluding tert-OH is 1. The summed E-state index contributed by atoms with van der Waals surface area (Å²) in [5.74, 6) is -0.0418. The van der Waals surface area contributed by atoms with Crippen molar-refractivity contribution in [1.82, 2.24) is 10.3 Å². The molecule has 0 aliphatic rings. The van der Waals surface area contributed by atoms with Crippen LogP contribution in [0.5, 0.6) is 11.5 Å². The van der Waals surface area contributed by atoms with Crippen molar-refractivity contribution < 1.29 is 27.8 Å². The third kappa shape index (κ3) is 5.19. The summed E-state index contributed by atoms with van der Waals surface area (Å²) in [6.07, 6.45) is 0. The molecule has 140 valence electrons. The second-order valence-electron chi connectivity index (χ2n) is 5.40. The number of hydrazine groups is 1. The molecule has 0 bridgehead atoms. The molecule has 0 spiro atoms. The lowest BCUT2D eigenvalue weighted by atomic mass is 10.2. The average Bonchev–Trinajstić information content (AvgIpc) is 2.65. The topological polar surface area (TPSA) is 114 Å². The number of sulfonamides is 1. The van der Waals surface area contributed by atoms with E-state index in [0.717, 1.165) is 5.56 Å². The smallest absolute Gasteiger partial charge is 0.272 e. The lowest BCUT2D eigenvalue weighted by Gasteiger charge is -2.12. The Bertz CT molecular complexity index is 865. The number of carbonyl (C=O) groups excluding carboxylic acids is 1. The van der Waals surface area contributed by atoms with Crippen LogP contribution in [0.3, 0.4) is 0 Å². The molecule has 0 aromatic heterocycles. The van der Waals surface area contributed by atoms with Gasteiger partial charge >= 0.3 is 0 Å². The molecule has 0 fully saturated rings. The number of hydrogen-bond donors (Lipinski definition) is 3. The van der Waals surface area contributed by atoms with Crippen LogP contribution in [0.15, 0.2) is 47.4 Å². The number of hydrogen-bond acceptors (Lipinski definition) is 6. The summed E-state index contributed by atoms with van der Waals surface area (Å²) < 4.78 is 34.6. The van der Waals surface area contributed by atoms with Gasteiger partial charge in [-0.25, -0.2) is 8.42 Å². The van der Waals surface area contributed by atoms with Crippen molar-refractivity contribution in [2.75, 3.05) is 13.7 Å². The van der Waals surface area contributed by atoms with Gasteiger partial charge in [0.25, 0.3) is 15.9 Å². The Morgan fingerprint density at radius 2 is 1.81 bits per heavy atom. The summed E-state index contributed by atoms with van der Waals surface area (Å²) >= 11 is 0. The van der Waals surface area contributed by atoms with E-state index in [1.165, 1.54) is 19.2 Å². The van der Waals surface area contributed by atoms with E-state index in [1.807, 2.05) is 11.8 Å². The SMILES string of the molecule is COc1cc(CO)ccc1OCC(=O)NNS(=O)(=O)c1ccc(C)cc1. The first kappa shape index (κ1) is 19.7. The maximum atomic E-state index is 12.1. The lowest BCUT2D eigenvalue weighted by Crippen LogP contribution is -2.43. The standard InChI is InChI=1S/C17H20N2O6S/c1-12-3-6-14(7-4-12)26(22,23)19-18-17(21)11-25-15-8-5-13(10-20)9-16(15)24-2/h3-9,19-20H,10-11H2,1-2H3,(H,18,21). The van der Waals surface area contributed by atoms with E-state index in [4.69, 9.17) is 14.6 Å². The molecule has 0 aliphatic heterocycles. The molecule has 0 saturated heterocycles. The van der Waals surface area contributed by atoms with Gasteiger partial charge in [0.05, 0.1) is 18.6 Å². The van der Waals surface area contributed by atoms with Crippen LogP contribution in [-0.2, 0) is 21.4 Å². The normalized spacial score (nSPS) is 11.0.